The molecule has 1 N–H and O–H groups in total. The number of carbonyl (C=O) groups is 1. The molecule has 0 bridgehead atoms. The molecule has 1 amide bonds. The van der Waals surface area contributed by atoms with Crippen molar-refractivity contribution in [3.8, 4) is 0 Å². The van der Waals surface area contributed by atoms with E-state index in [-0.39, 0.29) is 11.4 Å². The van der Waals surface area contributed by atoms with Crippen LogP contribution in [0.25, 0.3) is 10.9 Å². The quantitative estimate of drug-likeness (QED) is 0.885. The van der Waals surface area contributed by atoms with Crippen LogP contribution in [0, 0.1) is 0 Å². The molecule has 4 nitrogen and oxygen atoms in total. The summed E-state index contributed by atoms with van der Waals surface area (Å²) < 4.78 is 1.75. The van der Waals surface area contributed by atoms with Crippen LogP contribution >= 0.6 is 11.6 Å². The summed E-state index contributed by atoms with van der Waals surface area (Å²) in [6, 6.07) is 7.79. The first-order valence-electron chi connectivity index (χ1n) is 7.45. The number of carbonyl (C=O) groups excluding carboxylic acids is 1. The Hall–Kier alpha value is -1.55. The van der Waals surface area contributed by atoms with Gasteiger partial charge < -0.3 is 5.32 Å². The second kappa shape index (κ2) is 5.68. The van der Waals surface area contributed by atoms with Crippen molar-refractivity contribution in [2.24, 2.45) is 7.05 Å². The number of fused-ring (bicyclic) bond motifs is 1. The zero-order valence-electron chi connectivity index (χ0n) is 12.2. The molecule has 1 aliphatic carbocycles. The van der Waals surface area contributed by atoms with Gasteiger partial charge in [-0.3, -0.25) is 9.48 Å². The average molecular weight is 306 g/mol. The second-order valence-corrected chi connectivity index (χ2v) is 6.19. The number of para-hydroxylation sites is 1. The van der Waals surface area contributed by atoms with Gasteiger partial charge in [0.05, 0.1) is 11.1 Å². The van der Waals surface area contributed by atoms with Crippen molar-refractivity contribution in [1.29, 1.82) is 0 Å². The minimum Gasteiger partial charge on any atom is -0.344 e. The lowest BCUT2D eigenvalue weighted by Gasteiger charge is -2.36. The fourth-order valence-electron chi connectivity index (χ4n) is 3.20. The fourth-order valence-corrected chi connectivity index (χ4v) is 3.54. The summed E-state index contributed by atoms with van der Waals surface area (Å²) in [5.74, 6) is 0.345. The lowest BCUT2D eigenvalue weighted by molar-refractivity contribution is 0.0880. The molecule has 21 heavy (non-hydrogen) atoms. The Balaban J connectivity index is 1.90. The molecule has 5 heteroatoms. The van der Waals surface area contributed by atoms with Crippen LogP contribution in [0.4, 0.5) is 0 Å². The van der Waals surface area contributed by atoms with Gasteiger partial charge in [-0.2, -0.15) is 5.10 Å². The molecule has 2 aromatic rings. The van der Waals surface area contributed by atoms with Crippen molar-refractivity contribution in [3.63, 3.8) is 0 Å². The standard InChI is InChI=1S/C16H20ClN3O/c1-20-13-8-4-3-7-12(13)14(19-20)15(21)18-16(11-17)9-5-2-6-10-16/h3-4,7-8H,2,5-6,9-11H2,1H3,(H,18,21). The van der Waals surface area contributed by atoms with Crippen LogP contribution in [0.2, 0.25) is 0 Å². The number of aryl methyl sites for hydroxylation is 1. The van der Waals surface area contributed by atoms with Crippen LogP contribution in [0.5, 0.6) is 0 Å². The molecule has 0 saturated heterocycles. The third-order valence-corrected chi connectivity index (χ3v) is 4.93. The van der Waals surface area contributed by atoms with E-state index >= 15 is 0 Å². The summed E-state index contributed by atoms with van der Waals surface area (Å²) in [6.07, 6.45) is 5.37. The van der Waals surface area contributed by atoms with Gasteiger partial charge in [0, 0.05) is 18.3 Å². The lowest BCUT2D eigenvalue weighted by Crippen LogP contribution is -2.51. The largest absolute Gasteiger partial charge is 0.344 e. The van der Waals surface area contributed by atoms with Gasteiger partial charge in [0.25, 0.3) is 5.91 Å². The van der Waals surface area contributed by atoms with Gasteiger partial charge in [0.2, 0.25) is 0 Å². The Morgan fingerprint density at radius 2 is 2.05 bits per heavy atom. The minimum absolute atomic E-state index is 0.116. The van der Waals surface area contributed by atoms with Crippen molar-refractivity contribution in [2.75, 3.05) is 5.88 Å². The zero-order valence-corrected chi connectivity index (χ0v) is 13.0. The molecule has 1 aromatic carbocycles. The van der Waals surface area contributed by atoms with E-state index in [4.69, 9.17) is 11.6 Å². The number of aromatic nitrogens is 2. The predicted molar refractivity (Wildman–Crippen MR) is 84.7 cm³/mol. The maximum absolute atomic E-state index is 12.7. The Bertz CT molecular complexity index is 659. The molecule has 1 aromatic heterocycles. The number of hydrogen-bond acceptors (Lipinski definition) is 2. The molecule has 0 aliphatic heterocycles. The summed E-state index contributed by atoms with van der Waals surface area (Å²) in [5.41, 5.74) is 1.18. The number of amides is 1. The van der Waals surface area contributed by atoms with Crippen LogP contribution in [0.15, 0.2) is 24.3 Å². The highest BCUT2D eigenvalue weighted by Gasteiger charge is 2.34. The van der Waals surface area contributed by atoms with Crippen LogP contribution in [0.1, 0.15) is 42.6 Å². The highest BCUT2D eigenvalue weighted by atomic mass is 35.5. The number of benzene rings is 1. The number of halogens is 1. The van der Waals surface area contributed by atoms with E-state index in [1.54, 1.807) is 4.68 Å². The van der Waals surface area contributed by atoms with E-state index in [1.165, 1.54) is 6.42 Å². The molecule has 0 atom stereocenters. The highest BCUT2D eigenvalue weighted by Crippen LogP contribution is 2.30. The van der Waals surface area contributed by atoms with E-state index < -0.39 is 0 Å². The maximum atomic E-state index is 12.7. The van der Waals surface area contributed by atoms with Gasteiger partial charge in [-0.1, -0.05) is 37.5 Å². The molecular weight excluding hydrogens is 286 g/mol. The van der Waals surface area contributed by atoms with E-state index in [0.29, 0.717) is 11.6 Å². The van der Waals surface area contributed by atoms with E-state index in [1.807, 2.05) is 31.3 Å². The highest BCUT2D eigenvalue weighted by molar-refractivity contribution is 6.19. The molecule has 0 radical (unpaired) electrons. The first-order chi connectivity index (χ1) is 10.2. The average Bonchev–Trinajstić information content (AvgIpc) is 2.86. The molecule has 1 fully saturated rings. The first kappa shape index (κ1) is 14.4. The van der Waals surface area contributed by atoms with E-state index in [2.05, 4.69) is 10.4 Å². The van der Waals surface area contributed by atoms with Gasteiger partial charge in [0.15, 0.2) is 5.69 Å². The van der Waals surface area contributed by atoms with Gasteiger partial charge >= 0.3 is 0 Å². The molecule has 1 heterocycles. The number of alkyl halides is 1. The Kier molecular flexibility index (Phi) is 3.89. The molecule has 0 spiro atoms. The van der Waals surface area contributed by atoms with Gasteiger partial charge in [-0.05, 0) is 18.9 Å². The summed E-state index contributed by atoms with van der Waals surface area (Å²) in [6.45, 7) is 0. The Morgan fingerprint density at radius 3 is 2.76 bits per heavy atom. The third-order valence-electron chi connectivity index (χ3n) is 4.42. The number of nitrogens with zero attached hydrogens (tertiary/aromatic N) is 2. The smallest absolute Gasteiger partial charge is 0.272 e. The molecule has 1 saturated carbocycles. The summed E-state index contributed by atoms with van der Waals surface area (Å²) in [5, 5.41) is 8.43. The summed E-state index contributed by atoms with van der Waals surface area (Å²) >= 11 is 6.15. The van der Waals surface area contributed by atoms with E-state index in [9.17, 15) is 4.79 Å². The predicted octanol–water partition coefficient (Wildman–Crippen LogP) is 3.24. The van der Waals surface area contributed by atoms with Crippen molar-refractivity contribution in [3.05, 3.63) is 30.0 Å². The monoisotopic (exact) mass is 305 g/mol. The van der Waals surface area contributed by atoms with Crippen LogP contribution in [0.3, 0.4) is 0 Å². The number of hydrogen-bond donors (Lipinski definition) is 1. The minimum atomic E-state index is -0.268. The first-order valence-corrected chi connectivity index (χ1v) is 7.99. The van der Waals surface area contributed by atoms with Crippen molar-refractivity contribution < 1.29 is 4.79 Å². The van der Waals surface area contributed by atoms with Crippen LogP contribution < -0.4 is 5.32 Å². The van der Waals surface area contributed by atoms with Crippen molar-refractivity contribution >= 4 is 28.4 Å². The normalized spacial score (nSPS) is 17.8. The molecule has 0 unspecified atom stereocenters. The molecular formula is C16H20ClN3O. The molecule has 1 aliphatic rings. The maximum Gasteiger partial charge on any atom is 0.272 e. The van der Waals surface area contributed by atoms with E-state index in [0.717, 1.165) is 36.6 Å². The zero-order chi connectivity index (χ0) is 14.9. The second-order valence-electron chi connectivity index (χ2n) is 5.92. The SMILES string of the molecule is Cn1nc(C(=O)NC2(CCl)CCCCC2)c2ccccc21. The number of rotatable bonds is 3. The van der Waals surface area contributed by atoms with Crippen LogP contribution in [-0.4, -0.2) is 27.1 Å². The number of nitrogens with one attached hydrogen (secondary N) is 1. The molecule has 3 rings (SSSR count). The van der Waals surface area contributed by atoms with Crippen molar-refractivity contribution in [2.45, 2.75) is 37.6 Å². The Morgan fingerprint density at radius 1 is 1.33 bits per heavy atom. The lowest BCUT2D eigenvalue weighted by atomic mass is 9.83. The third kappa shape index (κ3) is 2.64. The fraction of sp³-hybridized carbons (Fsp3) is 0.500. The topological polar surface area (TPSA) is 46.9 Å². The van der Waals surface area contributed by atoms with Gasteiger partial charge in [0.1, 0.15) is 0 Å². The summed E-state index contributed by atoms with van der Waals surface area (Å²) in [4.78, 5) is 12.7. The van der Waals surface area contributed by atoms with Crippen molar-refractivity contribution in [1.82, 2.24) is 15.1 Å². The molecule has 112 valence electrons. The van der Waals surface area contributed by atoms with Gasteiger partial charge in [-0.25, -0.2) is 0 Å². The van der Waals surface area contributed by atoms with Gasteiger partial charge in [-0.15, -0.1) is 11.6 Å². The summed E-state index contributed by atoms with van der Waals surface area (Å²) in [7, 11) is 1.86. The Labute approximate surface area is 129 Å². The van der Waals surface area contributed by atoms with Crippen LogP contribution in [-0.2, 0) is 7.05 Å².